The first-order valence-electron chi connectivity index (χ1n) is 10.1. The van der Waals surface area contributed by atoms with E-state index in [4.69, 9.17) is 9.47 Å². The Morgan fingerprint density at radius 1 is 1.41 bits per heavy atom. The number of carbonyl (C=O) groups is 3. The van der Waals surface area contributed by atoms with Crippen LogP contribution in [0.1, 0.15) is 43.3 Å². The molecule has 32 heavy (non-hydrogen) atoms. The zero-order chi connectivity index (χ0) is 22.8. The number of carboxylic acid groups (broad SMARTS) is 1. The van der Waals surface area contributed by atoms with Crippen LogP contribution in [0.4, 0.5) is 0 Å². The largest absolute Gasteiger partial charge is 0.478 e. The number of fused-ring (bicyclic) bond motifs is 4. The molecule has 0 saturated carbocycles. The van der Waals surface area contributed by atoms with Crippen molar-refractivity contribution < 1.29 is 29.0 Å². The van der Waals surface area contributed by atoms with Gasteiger partial charge in [0.1, 0.15) is 16.8 Å². The predicted octanol–water partition coefficient (Wildman–Crippen LogP) is 2.20. The molecular formula is C20H19BrN4O6S. The molecular weight excluding hydrogens is 504 g/mol. The molecule has 2 aromatic heterocycles. The van der Waals surface area contributed by atoms with Gasteiger partial charge in [-0.2, -0.15) is 4.98 Å². The van der Waals surface area contributed by atoms with Gasteiger partial charge >= 0.3 is 11.9 Å². The van der Waals surface area contributed by atoms with Crippen molar-refractivity contribution in [3.8, 4) is 5.88 Å². The van der Waals surface area contributed by atoms with Crippen LogP contribution in [0.3, 0.4) is 0 Å². The highest BCUT2D eigenvalue weighted by atomic mass is 79.9. The number of amides is 1. The molecule has 0 spiro atoms. The minimum atomic E-state index is -1.36. The number of nitrogens with zero attached hydrogens (tertiary/aromatic N) is 4. The van der Waals surface area contributed by atoms with E-state index in [2.05, 4.69) is 25.9 Å². The lowest BCUT2D eigenvalue weighted by Crippen LogP contribution is -2.70. The number of β-lactam (4-membered cyclic amide) rings is 1. The number of hydrogen-bond donors (Lipinski definition) is 1. The molecule has 3 aliphatic rings. The SMILES string of the molecule is CCOc1nc2nc(C(OC(C)=O)C3(Br)C(=O)N4C(C(=O)O)=CSC43)cn2c2c1CCC2. The minimum absolute atomic E-state index is 0.0995. The van der Waals surface area contributed by atoms with Gasteiger partial charge in [0.15, 0.2) is 10.4 Å². The van der Waals surface area contributed by atoms with Crippen LogP contribution < -0.4 is 4.74 Å². The van der Waals surface area contributed by atoms with Crippen LogP contribution in [0.5, 0.6) is 5.88 Å². The number of rotatable bonds is 6. The number of aromatic nitrogens is 3. The van der Waals surface area contributed by atoms with E-state index >= 15 is 0 Å². The zero-order valence-corrected chi connectivity index (χ0v) is 19.6. The zero-order valence-electron chi connectivity index (χ0n) is 17.2. The number of ether oxygens (including phenoxy) is 2. The fourth-order valence-corrected chi connectivity index (χ4v) is 6.73. The maximum Gasteiger partial charge on any atom is 0.353 e. The van der Waals surface area contributed by atoms with Crippen molar-refractivity contribution in [1.82, 2.24) is 19.3 Å². The third-order valence-corrected chi connectivity index (χ3v) is 8.48. The van der Waals surface area contributed by atoms with E-state index in [9.17, 15) is 19.5 Å². The fourth-order valence-electron chi connectivity index (χ4n) is 4.45. The fraction of sp³-hybridized carbons (Fsp3) is 0.450. The number of carbonyl (C=O) groups excluding carboxylic acids is 2. The van der Waals surface area contributed by atoms with Gasteiger partial charge in [0.2, 0.25) is 11.7 Å². The third kappa shape index (κ3) is 2.88. The summed E-state index contributed by atoms with van der Waals surface area (Å²) in [6.45, 7) is 3.63. The monoisotopic (exact) mass is 522 g/mol. The summed E-state index contributed by atoms with van der Waals surface area (Å²) in [6.07, 6.45) is 3.32. The van der Waals surface area contributed by atoms with Crippen molar-refractivity contribution in [2.24, 2.45) is 0 Å². The molecule has 1 N–H and O–H groups in total. The van der Waals surface area contributed by atoms with Gasteiger partial charge in [-0.3, -0.25) is 18.9 Å². The van der Waals surface area contributed by atoms with Crippen LogP contribution >= 0.6 is 27.7 Å². The van der Waals surface area contributed by atoms with Crippen molar-refractivity contribution in [2.75, 3.05) is 6.61 Å². The van der Waals surface area contributed by atoms with Gasteiger partial charge in [0, 0.05) is 29.8 Å². The van der Waals surface area contributed by atoms with E-state index in [1.54, 1.807) is 6.20 Å². The van der Waals surface area contributed by atoms with Crippen molar-refractivity contribution in [2.45, 2.75) is 48.9 Å². The van der Waals surface area contributed by atoms with Gasteiger partial charge in [-0.05, 0) is 26.2 Å². The Balaban J connectivity index is 1.59. The highest BCUT2D eigenvalue weighted by molar-refractivity contribution is 9.10. The molecule has 5 rings (SSSR count). The van der Waals surface area contributed by atoms with E-state index in [0.29, 0.717) is 24.0 Å². The van der Waals surface area contributed by atoms with E-state index in [-0.39, 0.29) is 5.70 Å². The minimum Gasteiger partial charge on any atom is -0.478 e. The second-order valence-electron chi connectivity index (χ2n) is 7.69. The lowest BCUT2D eigenvalue weighted by Gasteiger charge is -2.51. The van der Waals surface area contributed by atoms with Crippen molar-refractivity contribution >= 4 is 51.3 Å². The number of aliphatic carboxylic acids is 1. The van der Waals surface area contributed by atoms with Crippen LogP contribution in [0.25, 0.3) is 5.78 Å². The summed E-state index contributed by atoms with van der Waals surface area (Å²) >= 11 is 4.68. The molecule has 2 aliphatic heterocycles. The molecule has 3 unspecified atom stereocenters. The quantitative estimate of drug-likeness (QED) is 0.345. The number of imidazole rings is 1. The Hall–Kier alpha value is -2.60. The molecule has 1 aliphatic carbocycles. The summed E-state index contributed by atoms with van der Waals surface area (Å²) in [4.78, 5) is 46.9. The summed E-state index contributed by atoms with van der Waals surface area (Å²) in [5.74, 6) is -1.33. The topological polar surface area (TPSA) is 123 Å². The highest BCUT2D eigenvalue weighted by Gasteiger charge is 2.69. The lowest BCUT2D eigenvalue weighted by molar-refractivity contribution is -0.162. The van der Waals surface area contributed by atoms with Crippen LogP contribution in [-0.2, 0) is 32.0 Å². The smallest absolute Gasteiger partial charge is 0.353 e. The second-order valence-corrected chi connectivity index (χ2v) is 9.96. The Labute approximate surface area is 195 Å². The van der Waals surface area contributed by atoms with E-state index in [1.165, 1.54) is 29.0 Å². The molecule has 0 aromatic carbocycles. The van der Waals surface area contributed by atoms with Gasteiger partial charge in [-0.25, -0.2) is 9.78 Å². The normalized spacial score (nSPS) is 24.6. The van der Waals surface area contributed by atoms with Gasteiger partial charge in [-0.1, -0.05) is 15.9 Å². The Morgan fingerprint density at radius 3 is 2.88 bits per heavy atom. The molecule has 1 fully saturated rings. The number of alkyl halides is 1. The number of aryl methyl sites for hydroxylation is 1. The summed E-state index contributed by atoms with van der Waals surface area (Å²) < 4.78 is 11.8. The summed E-state index contributed by atoms with van der Waals surface area (Å²) in [6, 6.07) is 0. The van der Waals surface area contributed by atoms with Crippen molar-refractivity contribution in [1.29, 1.82) is 0 Å². The number of halogens is 1. The number of carboxylic acids is 1. The Bertz CT molecular complexity index is 1210. The summed E-state index contributed by atoms with van der Waals surface area (Å²) in [7, 11) is 0. The first kappa shape index (κ1) is 21.3. The van der Waals surface area contributed by atoms with E-state index in [1.807, 2.05) is 11.3 Å². The number of esters is 1. The number of hydrogen-bond acceptors (Lipinski definition) is 8. The molecule has 0 radical (unpaired) electrons. The third-order valence-electron chi connectivity index (χ3n) is 5.79. The van der Waals surface area contributed by atoms with E-state index < -0.39 is 33.6 Å². The first-order chi connectivity index (χ1) is 15.3. The van der Waals surface area contributed by atoms with E-state index in [0.717, 1.165) is 30.5 Å². The molecule has 10 nitrogen and oxygen atoms in total. The maximum atomic E-state index is 13.1. The Morgan fingerprint density at radius 2 is 2.19 bits per heavy atom. The molecule has 2 aromatic rings. The maximum absolute atomic E-state index is 13.1. The van der Waals surface area contributed by atoms with Crippen molar-refractivity contribution in [3.63, 3.8) is 0 Å². The summed E-state index contributed by atoms with van der Waals surface area (Å²) in [5.41, 5.74) is 2.32. The molecule has 0 bridgehead atoms. The number of thioether (sulfide) groups is 1. The van der Waals surface area contributed by atoms with Crippen LogP contribution in [0.15, 0.2) is 17.3 Å². The van der Waals surface area contributed by atoms with Gasteiger partial charge < -0.3 is 14.6 Å². The molecule has 1 saturated heterocycles. The molecule has 4 heterocycles. The van der Waals surface area contributed by atoms with Gasteiger partial charge in [0.05, 0.1) is 6.61 Å². The molecule has 168 valence electrons. The lowest BCUT2D eigenvalue weighted by atomic mass is 9.89. The second kappa shape index (κ2) is 7.48. The van der Waals surface area contributed by atoms with Crippen LogP contribution in [0.2, 0.25) is 0 Å². The first-order valence-corrected chi connectivity index (χ1v) is 11.8. The average molecular weight is 523 g/mol. The van der Waals surface area contributed by atoms with Crippen LogP contribution in [-0.4, -0.2) is 58.5 Å². The molecule has 1 amide bonds. The standard InChI is InChI=1S/C20H19BrN4O6S/c1-3-30-15-10-5-4-6-12(10)24-7-11(22-19(24)23-15)14(31-9(2)26)20(21)17(29)25-13(16(27)28)8-32-18(20)25/h7-8,14,18H,3-6H2,1-2H3,(H,27,28). The molecule has 12 heteroatoms. The predicted molar refractivity (Wildman–Crippen MR) is 116 cm³/mol. The van der Waals surface area contributed by atoms with Gasteiger partial charge in [-0.15, -0.1) is 11.8 Å². The highest BCUT2D eigenvalue weighted by Crippen LogP contribution is 2.57. The Kier molecular flexibility index (Phi) is 4.97. The summed E-state index contributed by atoms with van der Waals surface area (Å²) in [5, 5.41) is 10.2. The molecule has 3 atom stereocenters. The average Bonchev–Trinajstić information content (AvgIpc) is 3.47. The van der Waals surface area contributed by atoms with Gasteiger partial charge in [0.25, 0.3) is 5.91 Å². The van der Waals surface area contributed by atoms with Crippen LogP contribution in [0, 0.1) is 0 Å². The van der Waals surface area contributed by atoms with Crippen molar-refractivity contribution in [3.05, 3.63) is 34.3 Å².